The Bertz CT molecular complexity index is 2130. The second-order valence-electron chi connectivity index (χ2n) is 12.2. The topological polar surface area (TPSA) is 124 Å². The second kappa shape index (κ2) is 15.7. The molecule has 0 aromatic heterocycles. The molecule has 0 atom stereocenters. The summed E-state index contributed by atoms with van der Waals surface area (Å²) in [5.41, 5.74) is 7.53. The number of carbonyl (C=O) groups excluding carboxylic acids is 4. The molecule has 6 rings (SSSR count). The van der Waals surface area contributed by atoms with Gasteiger partial charge in [0.2, 0.25) is 0 Å². The Kier molecular flexibility index (Phi) is 10.7. The first-order valence-corrected chi connectivity index (χ1v) is 16.8. The van der Waals surface area contributed by atoms with E-state index >= 15 is 0 Å². The third-order valence-electron chi connectivity index (χ3n) is 9.02. The maximum atomic E-state index is 12.4. The lowest BCUT2D eigenvalue weighted by molar-refractivity contribution is -0.139. The summed E-state index contributed by atoms with van der Waals surface area (Å²) in [4.78, 5) is 47.3. The van der Waals surface area contributed by atoms with E-state index in [0.29, 0.717) is 0 Å². The monoisotopic (exact) mass is 712 g/mol. The molecule has 0 fully saturated rings. The average Bonchev–Trinajstić information content (AvgIpc) is 3.43. The molecule has 268 valence electrons. The Morgan fingerprint density at radius 1 is 0.547 bits per heavy atom. The SMILES string of the molecule is C=CC(=O)OCCOC(=O)Oc1ccc(C2(c3ccc(OC(=O)OCCOC(=O)C=C)cc3)c3cc(C)c(C)cc3-c3cc4ccccc4cc32)cc1. The van der Waals surface area contributed by atoms with Crippen molar-refractivity contribution >= 4 is 35.0 Å². The number of esters is 2. The van der Waals surface area contributed by atoms with E-state index in [1.54, 1.807) is 24.3 Å². The van der Waals surface area contributed by atoms with E-state index in [2.05, 4.69) is 63.4 Å². The van der Waals surface area contributed by atoms with Gasteiger partial charge in [-0.3, -0.25) is 0 Å². The molecule has 0 heterocycles. The summed E-state index contributed by atoms with van der Waals surface area (Å²) >= 11 is 0. The number of hydrogen-bond acceptors (Lipinski definition) is 10. The van der Waals surface area contributed by atoms with Crippen LogP contribution in [0.15, 0.2) is 122 Å². The van der Waals surface area contributed by atoms with Gasteiger partial charge in [0.25, 0.3) is 0 Å². The Balaban J connectivity index is 1.37. The summed E-state index contributed by atoms with van der Waals surface area (Å²) in [6, 6.07) is 31.6. The molecule has 0 unspecified atom stereocenters. The van der Waals surface area contributed by atoms with Gasteiger partial charge < -0.3 is 28.4 Å². The zero-order valence-corrected chi connectivity index (χ0v) is 29.2. The van der Waals surface area contributed by atoms with Gasteiger partial charge in [-0.05, 0) is 106 Å². The molecule has 0 N–H and O–H groups in total. The molecule has 0 radical (unpaired) electrons. The standard InChI is InChI=1S/C43H36O10/c1-5-39(44)48-19-21-50-41(46)52-33-15-11-31(12-16-33)43(32-13-17-34(18-14-32)53-42(47)51-22-20-49-40(45)6-2)37-24-28(4)27(3)23-35(37)36-25-29-9-7-8-10-30(29)26-38(36)43/h5-18,23-26H,1-2,19-22H2,3-4H3. The van der Waals surface area contributed by atoms with Gasteiger partial charge in [0.05, 0.1) is 5.41 Å². The molecule has 10 heteroatoms. The lowest BCUT2D eigenvalue weighted by atomic mass is 9.67. The first-order valence-electron chi connectivity index (χ1n) is 16.8. The van der Waals surface area contributed by atoms with Crippen molar-refractivity contribution < 1.29 is 47.6 Å². The second-order valence-corrected chi connectivity index (χ2v) is 12.2. The molecule has 5 aromatic rings. The molecule has 0 bridgehead atoms. The van der Waals surface area contributed by atoms with Gasteiger partial charge in [0, 0.05) is 12.2 Å². The zero-order valence-electron chi connectivity index (χ0n) is 29.2. The smallest absolute Gasteiger partial charge is 0.459 e. The van der Waals surface area contributed by atoms with Gasteiger partial charge in [0.1, 0.15) is 37.9 Å². The normalized spacial score (nSPS) is 12.1. The van der Waals surface area contributed by atoms with Crippen molar-refractivity contribution in [3.63, 3.8) is 0 Å². The van der Waals surface area contributed by atoms with Crippen molar-refractivity contribution in [1.29, 1.82) is 0 Å². The minimum absolute atomic E-state index is 0.133. The zero-order chi connectivity index (χ0) is 37.5. The summed E-state index contributed by atoms with van der Waals surface area (Å²) in [6.45, 7) is 10.2. The predicted molar refractivity (Wildman–Crippen MR) is 197 cm³/mol. The quantitative estimate of drug-likeness (QED) is 0.0402. The van der Waals surface area contributed by atoms with Crippen LogP contribution in [0.1, 0.15) is 33.4 Å². The van der Waals surface area contributed by atoms with Crippen molar-refractivity contribution in [2.45, 2.75) is 19.3 Å². The van der Waals surface area contributed by atoms with Crippen LogP contribution in [0.3, 0.4) is 0 Å². The number of rotatable bonds is 12. The predicted octanol–water partition coefficient (Wildman–Crippen LogP) is 8.31. The molecular formula is C43H36O10. The molecule has 53 heavy (non-hydrogen) atoms. The summed E-state index contributed by atoms with van der Waals surface area (Å²) in [5, 5.41) is 2.18. The minimum Gasteiger partial charge on any atom is -0.459 e. The average molecular weight is 713 g/mol. The van der Waals surface area contributed by atoms with Crippen LogP contribution in [0.5, 0.6) is 11.5 Å². The van der Waals surface area contributed by atoms with Gasteiger partial charge in [0.15, 0.2) is 0 Å². The van der Waals surface area contributed by atoms with Crippen LogP contribution in [-0.2, 0) is 34.0 Å². The van der Waals surface area contributed by atoms with Gasteiger partial charge >= 0.3 is 24.2 Å². The lowest BCUT2D eigenvalue weighted by Crippen LogP contribution is -2.29. The van der Waals surface area contributed by atoms with Crippen molar-refractivity contribution in [2.24, 2.45) is 0 Å². The molecule has 1 aliphatic carbocycles. The van der Waals surface area contributed by atoms with E-state index in [9.17, 15) is 19.2 Å². The van der Waals surface area contributed by atoms with E-state index < -0.39 is 29.7 Å². The van der Waals surface area contributed by atoms with E-state index in [0.717, 1.165) is 67.4 Å². The van der Waals surface area contributed by atoms with Crippen LogP contribution in [0.4, 0.5) is 9.59 Å². The molecule has 10 nitrogen and oxygen atoms in total. The van der Waals surface area contributed by atoms with Crippen molar-refractivity contribution in [1.82, 2.24) is 0 Å². The Morgan fingerprint density at radius 2 is 0.962 bits per heavy atom. The summed E-state index contributed by atoms with van der Waals surface area (Å²) in [7, 11) is 0. The Labute approximate surface area is 306 Å². The minimum atomic E-state index is -0.942. The highest BCUT2D eigenvalue weighted by Gasteiger charge is 2.46. The van der Waals surface area contributed by atoms with E-state index in [1.807, 2.05) is 36.4 Å². The Morgan fingerprint density at radius 3 is 1.45 bits per heavy atom. The number of aryl methyl sites for hydroxylation is 2. The van der Waals surface area contributed by atoms with Crippen molar-refractivity contribution in [2.75, 3.05) is 26.4 Å². The highest BCUT2D eigenvalue weighted by Crippen LogP contribution is 2.57. The fourth-order valence-electron chi connectivity index (χ4n) is 6.51. The lowest BCUT2D eigenvalue weighted by Gasteiger charge is -2.34. The van der Waals surface area contributed by atoms with Gasteiger partial charge in [-0.2, -0.15) is 0 Å². The maximum absolute atomic E-state index is 12.4. The van der Waals surface area contributed by atoms with Gasteiger partial charge in [-0.15, -0.1) is 0 Å². The number of benzene rings is 5. The fraction of sp³-hybridized carbons (Fsp3) is 0.163. The highest BCUT2D eigenvalue weighted by molar-refractivity contribution is 5.96. The van der Waals surface area contributed by atoms with E-state index in [-0.39, 0.29) is 37.9 Å². The molecule has 5 aromatic carbocycles. The molecule has 0 saturated heterocycles. The summed E-state index contributed by atoms with van der Waals surface area (Å²) in [6.07, 6.45) is 0.160. The fourth-order valence-corrected chi connectivity index (χ4v) is 6.51. The third kappa shape index (κ3) is 7.52. The number of carbonyl (C=O) groups is 4. The van der Waals surface area contributed by atoms with Crippen LogP contribution in [0, 0.1) is 13.8 Å². The first-order chi connectivity index (χ1) is 25.6. The van der Waals surface area contributed by atoms with E-state index in [1.165, 1.54) is 0 Å². The third-order valence-corrected chi connectivity index (χ3v) is 9.02. The summed E-state index contributed by atoms with van der Waals surface area (Å²) < 4.78 is 30.6. The largest absolute Gasteiger partial charge is 0.513 e. The molecule has 0 saturated carbocycles. The van der Waals surface area contributed by atoms with Crippen molar-refractivity contribution in [3.8, 4) is 22.6 Å². The van der Waals surface area contributed by atoms with Gasteiger partial charge in [-0.25, -0.2) is 19.2 Å². The van der Waals surface area contributed by atoms with Crippen LogP contribution in [-0.4, -0.2) is 50.7 Å². The highest BCUT2D eigenvalue weighted by atomic mass is 16.7. The summed E-state index contributed by atoms with van der Waals surface area (Å²) in [5.74, 6) is -0.721. The number of fused-ring (bicyclic) bond motifs is 4. The maximum Gasteiger partial charge on any atom is 0.513 e. The molecule has 1 aliphatic rings. The van der Waals surface area contributed by atoms with Crippen molar-refractivity contribution in [3.05, 3.63) is 156 Å². The van der Waals surface area contributed by atoms with Crippen LogP contribution in [0.2, 0.25) is 0 Å². The number of ether oxygens (including phenoxy) is 6. The van der Waals surface area contributed by atoms with Crippen LogP contribution in [0.25, 0.3) is 21.9 Å². The first kappa shape index (κ1) is 36.1. The molecule has 0 amide bonds. The van der Waals surface area contributed by atoms with Crippen LogP contribution >= 0.6 is 0 Å². The molecule has 0 aliphatic heterocycles. The van der Waals surface area contributed by atoms with E-state index in [4.69, 9.17) is 28.4 Å². The molecule has 0 spiro atoms. The molecular weight excluding hydrogens is 676 g/mol. The van der Waals surface area contributed by atoms with Crippen LogP contribution < -0.4 is 9.47 Å². The van der Waals surface area contributed by atoms with Gasteiger partial charge in [-0.1, -0.05) is 73.8 Å². The number of hydrogen-bond donors (Lipinski definition) is 0. The Hall–Kier alpha value is -6.68.